The molecule has 3 aromatic rings. The van der Waals surface area contributed by atoms with Crippen LogP contribution in [-0.2, 0) is 26.2 Å². The van der Waals surface area contributed by atoms with Crippen molar-refractivity contribution < 1.29 is 22.7 Å². The van der Waals surface area contributed by atoms with Gasteiger partial charge in [-0.25, -0.2) is 8.42 Å². The van der Waals surface area contributed by atoms with E-state index < -0.39 is 28.5 Å². The third-order valence-corrected chi connectivity index (χ3v) is 8.92. The number of hydrogen-bond donors (Lipinski definition) is 1. The quantitative estimate of drug-likeness (QED) is 0.225. The minimum Gasteiger partial charge on any atom is -0.494 e. The van der Waals surface area contributed by atoms with Crippen molar-refractivity contribution in [1.29, 1.82) is 0 Å². The van der Waals surface area contributed by atoms with Gasteiger partial charge in [-0.3, -0.25) is 13.9 Å². The van der Waals surface area contributed by atoms with Gasteiger partial charge in [-0.05, 0) is 93.4 Å². The fourth-order valence-electron chi connectivity index (χ4n) is 4.27. The van der Waals surface area contributed by atoms with Gasteiger partial charge in [-0.2, -0.15) is 0 Å². The Bertz CT molecular complexity index is 1480. The van der Waals surface area contributed by atoms with Crippen molar-refractivity contribution in [3.8, 4) is 5.75 Å². The van der Waals surface area contributed by atoms with Crippen LogP contribution in [0.2, 0.25) is 15.1 Å². The first-order valence-corrected chi connectivity index (χ1v) is 16.0. The molecule has 12 heteroatoms. The molecule has 0 aliphatic rings. The second kappa shape index (κ2) is 15.0. The minimum atomic E-state index is -4.24. The number of nitrogens with zero attached hydrogens (tertiary/aromatic N) is 2. The summed E-state index contributed by atoms with van der Waals surface area (Å²) < 4.78 is 34.4. The van der Waals surface area contributed by atoms with E-state index in [4.69, 9.17) is 39.5 Å². The van der Waals surface area contributed by atoms with Crippen molar-refractivity contribution in [3.63, 3.8) is 0 Å². The number of anilines is 1. The van der Waals surface area contributed by atoms with Crippen LogP contribution in [0.15, 0.2) is 71.6 Å². The molecule has 8 nitrogen and oxygen atoms in total. The van der Waals surface area contributed by atoms with E-state index >= 15 is 0 Å². The molecule has 2 amide bonds. The van der Waals surface area contributed by atoms with Gasteiger partial charge >= 0.3 is 0 Å². The molecule has 0 aromatic heterocycles. The number of ether oxygens (including phenoxy) is 1. The summed E-state index contributed by atoms with van der Waals surface area (Å²) in [5.41, 5.74) is 0.796. The van der Waals surface area contributed by atoms with Gasteiger partial charge in [0.05, 0.1) is 17.2 Å². The Hall–Kier alpha value is -2.98. The van der Waals surface area contributed by atoms with E-state index in [1.165, 1.54) is 29.2 Å². The van der Waals surface area contributed by atoms with E-state index in [1.54, 1.807) is 49.4 Å². The van der Waals surface area contributed by atoms with Crippen molar-refractivity contribution in [2.45, 2.75) is 57.6 Å². The lowest BCUT2D eigenvalue weighted by atomic mass is 10.1. The van der Waals surface area contributed by atoms with E-state index in [1.807, 2.05) is 20.8 Å². The highest BCUT2D eigenvalue weighted by molar-refractivity contribution is 7.92. The number of hydrogen-bond acceptors (Lipinski definition) is 5. The Labute approximate surface area is 262 Å². The molecule has 0 unspecified atom stereocenters. The molecule has 0 heterocycles. The van der Waals surface area contributed by atoms with E-state index in [9.17, 15) is 18.0 Å². The predicted molar refractivity (Wildman–Crippen MR) is 168 cm³/mol. The van der Waals surface area contributed by atoms with Gasteiger partial charge in [-0.15, -0.1) is 0 Å². The molecular formula is C30H34Cl3N3O5S. The molecule has 0 radical (unpaired) electrons. The van der Waals surface area contributed by atoms with Gasteiger partial charge in [-0.1, -0.05) is 47.8 Å². The van der Waals surface area contributed by atoms with Crippen molar-refractivity contribution in [3.05, 3.63) is 87.4 Å². The fraction of sp³-hybridized carbons (Fsp3) is 0.333. The number of sulfonamides is 1. The fourth-order valence-corrected chi connectivity index (χ4v) is 6.28. The number of amides is 2. The predicted octanol–water partition coefficient (Wildman–Crippen LogP) is 6.57. The van der Waals surface area contributed by atoms with Crippen molar-refractivity contribution in [2.75, 3.05) is 17.5 Å². The van der Waals surface area contributed by atoms with Crippen LogP contribution in [0, 0.1) is 0 Å². The number of halogens is 3. The highest BCUT2D eigenvalue weighted by Crippen LogP contribution is 2.28. The first-order chi connectivity index (χ1) is 19.9. The summed E-state index contributed by atoms with van der Waals surface area (Å²) in [5, 5.41) is 3.96. The van der Waals surface area contributed by atoms with Gasteiger partial charge in [0.1, 0.15) is 18.3 Å². The Balaban J connectivity index is 2.09. The third-order valence-electron chi connectivity index (χ3n) is 6.29. The van der Waals surface area contributed by atoms with E-state index in [0.29, 0.717) is 33.0 Å². The number of benzene rings is 3. The second-order valence-corrected chi connectivity index (χ2v) is 12.9. The van der Waals surface area contributed by atoms with Crippen LogP contribution in [-0.4, -0.2) is 50.4 Å². The van der Waals surface area contributed by atoms with Crippen molar-refractivity contribution in [1.82, 2.24) is 10.2 Å². The van der Waals surface area contributed by atoms with E-state index in [0.717, 1.165) is 4.31 Å². The first-order valence-electron chi connectivity index (χ1n) is 13.4. The molecular weight excluding hydrogens is 621 g/mol. The average Bonchev–Trinajstić information content (AvgIpc) is 2.93. The number of rotatable bonds is 13. The Morgan fingerprint density at radius 1 is 0.905 bits per heavy atom. The molecule has 0 spiro atoms. The molecule has 1 atom stereocenters. The molecule has 0 saturated carbocycles. The van der Waals surface area contributed by atoms with Crippen LogP contribution in [0.4, 0.5) is 5.69 Å². The van der Waals surface area contributed by atoms with E-state index in [-0.39, 0.29) is 35.5 Å². The maximum absolute atomic E-state index is 14.1. The van der Waals surface area contributed by atoms with Crippen molar-refractivity contribution >= 4 is 62.3 Å². The largest absolute Gasteiger partial charge is 0.494 e. The zero-order valence-electron chi connectivity index (χ0n) is 23.8. The highest BCUT2D eigenvalue weighted by Gasteiger charge is 2.34. The lowest BCUT2D eigenvalue weighted by molar-refractivity contribution is -0.140. The zero-order chi connectivity index (χ0) is 31.0. The highest BCUT2D eigenvalue weighted by atomic mass is 35.5. The minimum absolute atomic E-state index is 0.0447. The lowest BCUT2D eigenvalue weighted by Crippen LogP contribution is -2.53. The van der Waals surface area contributed by atoms with Gasteiger partial charge in [0, 0.05) is 27.7 Å². The molecule has 0 fully saturated rings. The summed E-state index contributed by atoms with van der Waals surface area (Å²) in [7, 11) is -4.24. The summed E-state index contributed by atoms with van der Waals surface area (Å²) >= 11 is 18.5. The zero-order valence-corrected chi connectivity index (χ0v) is 26.9. The normalized spacial score (nSPS) is 12.1. The molecule has 1 N–H and O–H groups in total. The van der Waals surface area contributed by atoms with Crippen LogP contribution < -0.4 is 14.4 Å². The topological polar surface area (TPSA) is 96.0 Å². The lowest BCUT2D eigenvalue weighted by Gasteiger charge is -2.33. The SMILES string of the molecule is CCOc1ccc(N(CC(=O)N(Cc2ccc(Cl)cc2Cl)[C@H](CC)C(=O)NC(C)C)S(=O)(=O)c2ccc(Cl)cc2)cc1. The first kappa shape index (κ1) is 33.5. The number of carbonyl (C=O) groups excluding carboxylic acids is 2. The molecule has 0 aliphatic carbocycles. The summed E-state index contributed by atoms with van der Waals surface area (Å²) in [6, 6.07) is 15.9. The van der Waals surface area contributed by atoms with Gasteiger partial charge < -0.3 is 15.0 Å². The van der Waals surface area contributed by atoms with Crippen LogP contribution in [0.3, 0.4) is 0 Å². The summed E-state index contributed by atoms with van der Waals surface area (Å²) in [5.74, 6) is -0.413. The van der Waals surface area contributed by atoms with Gasteiger partial charge in [0.25, 0.3) is 10.0 Å². The maximum atomic E-state index is 14.1. The third kappa shape index (κ3) is 8.53. The smallest absolute Gasteiger partial charge is 0.264 e. The molecule has 226 valence electrons. The van der Waals surface area contributed by atoms with Gasteiger partial charge in [0.15, 0.2) is 0 Å². The number of carbonyl (C=O) groups is 2. The van der Waals surface area contributed by atoms with Crippen LogP contribution in [0.1, 0.15) is 39.7 Å². The van der Waals surface area contributed by atoms with Gasteiger partial charge in [0.2, 0.25) is 11.8 Å². The number of nitrogens with one attached hydrogen (secondary N) is 1. The average molecular weight is 655 g/mol. The monoisotopic (exact) mass is 653 g/mol. The summed E-state index contributed by atoms with van der Waals surface area (Å²) in [4.78, 5) is 28.7. The van der Waals surface area contributed by atoms with Crippen LogP contribution in [0.5, 0.6) is 5.75 Å². The summed E-state index contributed by atoms with van der Waals surface area (Å²) in [6.07, 6.45) is 0.280. The molecule has 0 bridgehead atoms. The maximum Gasteiger partial charge on any atom is 0.264 e. The van der Waals surface area contributed by atoms with Crippen LogP contribution in [0.25, 0.3) is 0 Å². The molecule has 3 rings (SSSR count). The Kier molecular flexibility index (Phi) is 11.9. The van der Waals surface area contributed by atoms with Crippen LogP contribution >= 0.6 is 34.8 Å². The molecule has 0 saturated heterocycles. The summed E-state index contributed by atoms with van der Waals surface area (Å²) in [6.45, 7) is 7.06. The standard InChI is InChI=1S/C30H34Cl3N3O5S/c1-5-28(30(38)34-20(3)4)35(18-21-7-8-23(32)17-27(21)33)29(37)19-36(24-11-13-25(14-12-24)41-6-2)42(39,40)26-15-9-22(31)10-16-26/h7-17,20,28H,5-6,18-19H2,1-4H3,(H,34,38)/t28-/m1/s1. The second-order valence-electron chi connectivity index (χ2n) is 9.74. The Morgan fingerprint density at radius 2 is 1.52 bits per heavy atom. The molecule has 42 heavy (non-hydrogen) atoms. The Morgan fingerprint density at radius 3 is 2.07 bits per heavy atom. The van der Waals surface area contributed by atoms with E-state index in [2.05, 4.69) is 5.32 Å². The van der Waals surface area contributed by atoms with Crippen molar-refractivity contribution in [2.24, 2.45) is 0 Å². The molecule has 0 aliphatic heterocycles. The molecule has 3 aromatic carbocycles.